The molecule has 0 spiro atoms. The molecule has 0 bridgehead atoms. The SMILES string of the molecule is CCCCOCC(CC)(CC)C(=O)N(CC)CC. The highest BCUT2D eigenvalue weighted by Crippen LogP contribution is 2.29. The molecule has 0 saturated heterocycles. The molecule has 3 nitrogen and oxygen atoms in total. The van der Waals surface area contributed by atoms with E-state index in [1.807, 2.05) is 18.7 Å². The third kappa shape index (κ3) is 4.60. The second-order valence-corrected chi connectivity index (χ2v) is 4.87. The topological polar surface area (TPSA) is 29.5 Å². The smallest absolute Gasteiger partial charge is 0.231 e. The first kappa shape index (κ1) is 17.4. The van der Waals surface area contributed by atoms with Crippen LogP contribution in [0.3, 0.4) is 0 Å². The predicted molar refractivity (Wildman–Crippen MR) is 76.7 cm³/mol. The molecule has 0 aromatic heterocycles. The fraction of sp³-hybridized carbons (Fsp3) is 0.933. The van der Waals surface area contributed by atoms with Gasteiger partial charge in [-0.05, 0) is 33.1 Å². The summed E-state index contributed by atoms with van der Waals surface area (Å²) in [5.41, 5.74) is -0.320. The first-order valence-corrected chi connectivity index (χ1v) is 7.48. The van der Waals surface area contributed by atoms with Gasteiger partial charge in [0.15, 0.2) is 0 Å². The maximum Gasteiger partial charge on any atom is 0.231 e. The van der Waals surface area contributed by atoms with Gasteiger partial charge in [0.25, 0.3) is 0 Å². The molecule has 0 aliphatic carbocycles. The lowest BCUT2D eigenvalue weighted by molar-refractivity contribution is -0.146. The van der Waals surface area contributed by atoms with Crippen LogP contribution in [-0.4, -0.2) is 37.1 Å². The molecule has 0 radical (unpaired) electrons. The van der Waals surface area contributed by atoms with E-state index in [1.54, 1.807) is 0 Å². The zero-order chi connectivity index (χ0) is 14.0. The average Bonchev–Trinajstić information content (AvgIpc) is 2.41. The zero-order valence-electron chi connectivity index (χ0n) is 12.9. The molecule has 1 amide bonds. The Labute approximate surface area is 113 Å². The van der Waals surface area contributed by atoms with Gasteiger partial charge in [0.2, 0.25) is 5.91 Å². The molecule has 18 heavy (non-hydrogen) atoms. The standard InChI is InChI=1S/C15H31NO2/c1-6-11-12-18-13-15(7-2,8-3)14(17)16(9-4)10-5/h6-13H2,1-5H3. The van der Waals surface area contributed by atoms with Gasteiger partial charge in [-0.2, -0.15) is 0 Å². The van der Waals surface area contributed by atoms with Gasteiger partial charge >= 0.3 is 0 Å². The third-order valence-electron chi connectivity index (χ3n) is 3.88. The van der Waals surface area contributed by atoms with E-state index in [-0.39, 0.29) is 11.3 Å². The zero-order valence-corrected chi connectivity index (χ0v) is 12.9. The molecule has 3 heteroatoms. The van der Waals surface area contributed by atoms with Gasteiger partial charge in [-0.3, -0.25) is 4.79 Å². The van der Waals surface area contributed by atoms with Gasteiger partial charge < -0.3 is 9.64 Å². The number of hydrogen-bond acceptors (Lipinski definition) is 2. The van der Waals surface area contributed by atoms with E-state index in [9.17, 15) is 4.79 Å². The monoisotopic (exact) mass is 257 g/mol. The molecule has 0 aromatic rings. The van der Waals surface area contributed by atoms with Crippen LogP contribution in [0.1, 0.15) is 60.3 Å². The van der Waals surface area contributed by atoms with Gasteiger partial charge in [0.05, 0.1) is 12.0 Å². The van der Waals surface area contributed by atoms with Crippen molar-refractivity contribution in [1.29, 1.82) is 0 Å². The minimum absolute atomic E-state index is 0.258. The van der Waals surface area contributed by atoms with Crippen molar-refractivity contribution in [2.24, 2.45) is 5.41 Å². The van der Waals surface area contributed by atoms with Crippen molar-refractivity contribution >= 4 is 5.91 Å². The van der Waals surface area contributed by atoms with Crippen molar-refractivity contribution in [1.82, 2.24) is 4.90 Å². The van der Waals surface area contributed by atoms with Crippen LogP contribution in [0.5, 0.6) is 0 Å². The first-order valence-electron chi connectivity index (χ1n) is 7.48. The summed E-state index contributed by atoms with van der Waals surface area (Å²) in [6.07, 6.45) is 3.91. The molecule has 0 N–H and O–H groups in total. The van der Waals surface area contributed by atoms with E-state index >= 15 is 0 Å². The Morgan fingerprint density at radius 3 is 2.00 bits per heavy atom. The number of ether oxygens (including phenoxy) is 1. The molecule has 108 valence electrons. The summed E-state index contributed by atoms with van der Waals surface area (Å²) in [6.45, 7) is 13.3. The fourth-order valence-electron chi connectivity index (χ4n) is 2.18. The lowest BCUT2D eigenvalue weighted by Crippen LogP contribution is -2.46. The molecule has 0 heterocycles. The number of amides is 1. The Morgan fingerprint density at radius 2 is 1.61 bits per heavy atom. The quantitative estimate of drug-likeness (QED) is 0.561. The van der Waals surface area contributed by atoms with Gasteiger partial charge in [-0.25, -0.2) is 0 Å². The van der Waals surface area contributed by atoms with Crippen molar-refractivity contribution in [2.75, 3.05) is 26.3 Å². The minimum atomic E-state index is -0.320. The number of carbonyl (C=O) groups excluding carboxylic acids is 1. The maximum atomic E-state index is 12.6. The van der Waals surface area contributed by atoms with Crippen molar-refractivity contribution in [3.05, 3.63) is 0 Å². The molecule has 0 unspecified atom stereocenters. The predicted octanol–water partition coefficient (Wildman–Crippen LogP) is 3.48. The molecule has 0 atom stereocenters. The van der Waals surface area contributed by atoms with Crippen LogP contribution in [0.4, 0.5) is 0 Å². The van der Waals surface area contributed by atoms with Gasteiger partial charge in [0.1, 0.15) is 0 Å². The summed E-state index contributed by atoms with van der Waals surface area (Å²) in [5.74, 6) is 0.258. The molecule has 0 fully saturated rings. The van der Waals surface area contributed by atoms with Crippen LogP contribution in [0.15, 0.2) is 0 Å². The Hall–Kier alpha value is -0.570. The van der Waals surface area contributed by atoms with Gasteiger partial charge in [0, 0.05) is 19.7 Å². The Kier molecular flexibility index (Phi) is 9.08. The van der Waals surface area contributed by atoms with Crippen molar-refractivity contribution in [2.45, 2.75) is 60.3 Å². The molecule has 0 aromatic carbocycles. The summed E-state index contributed by atoms with van der Waals surface area (Å²) in [4.78, 5) is 14.5. The number of hydrogen-bond donors (Lipinski definition) is 0. The fourth-order valence-corrected chi connectivity index (χ4v) is 2.18. The van der Waals surface area contributed by atoms with Crippen LogP contribution in [0.25, 0.3) is 0 Å². The largest absolute Gasteiger partial charge is 0.380 e. The molecular weight excluding hydrogens is 226 g/mol. The second-order valence-electron chi connectivity index (χ2n) is 4.87. The number of nitrogens with zero attached hydrogens (tertiary/aromatic N) is 1. The van der Waals surface area contributed by atoms with Crippen LogP contribution in [-0.2, 0) is 9.53 Å². The minimum Gasteiger partial charge on any atom is -0.380 e. The lowest BCUT2D eigenvalue weighted by atomic mass is 9.81. The lowest BCUT2D eigenvalue weighted by Gasteiger charge is -2.35. The van der Waals surface area contributed by atoms with E-state index in [4.69, 9.17) is 4.74 Å². The number of carbonyl (C=O) groups is 1. The highest BCUT2D eigenvalue weighted by Gasteiger charge is 2.37. The van der Waals surface area contributed by atoms with Crippen LogP contribution < -0.4 is 0 Å². The maximum absolute atomic E-state index is 12.6. The van der Waals surface area contributed by atoms with E-state index in [1.165, 1.54) is 0 Å². The third-order valence-corrected chi connectivity index (χ3v) is 3.88. The summed E-state index contributed by atoms with van der Waals surface area (Å²) in [5, 5.41) is 0. The number of unbranched alkanes of at least 4 members (excludes halogenated alkanes) is 1. The molecular formula is C15H31NO2. The van der Waals surface area contributed by atoms with E-state index in [0.29, 0.717) is 6.61 Å². The first-order chi connectivity index (χ1) is 8.61. The average molecular weight is 257 g/mol. The summed E-state index contributed by atoms with van der Waals surface area (Å²) < 4.78 is 5.73. The highest BCUT2D eigenvalue weighted by molar-refractivity contribution is 5.82. The van der Waals surface area contributed by atoms with Crippen LogP contribution in [0.2, 0.25) is 0 Å². The second kappa shape index (κ2) is 9.37. The van der Waals surface area contributed by atoms with E-state index in [2.05, 4.69) is 20.8 Å². The van der Waals surface area contributed by atoms with Gasteiger partial charge in [-0.15, -0.1) is 0 Å². The highest BCUT2D eigenvalue weighted by atomic mass is 16.5. The molecule has 0 aliphatic heterocycles. The number of rotatable bonds is 10. The van der Waals surface area contributed by atoms with Crippen molar-refractivity contribution < 1.29 is 9.53 Å². The normalized spacial score (nSPS) is 11.6. The summed E-state index contributed by atoms with van der Waals surface area (Å²) in [6, 6.07) is 0. The van der Waals surface area contributed by atoms with Crippen molar-refractivity contribution in [3.8, 4) is 0 Å². The molecule has 0 rings (SSSR count). The summed E-state index contributed by atoms with van der Waals surface area (Å²) >= 11 is 0. The van der Waals surface area contributed by atoms with Crippen LogP contribution >= 0.6 is 0 Å². The Morgan fingerprint density at radius 1 is 1.06 bits per heavy atom. The Bertz CT molecular complexity index is 221. The summed E-state index contributed by atoms with van der Waals surface area (Å²) in [7, 11) is 0. The van der Waals surface area contributed by atoms with E-state index in [0.717, 1.165) is 45.4 Å². The van der Waals surface area contributed by atoms with Gasteiger partial charge in [-0.1, -0.05) is 27.2 Å². The molecule has 0 aliphatic rings. The molecule has 0 saturated carbocycles. The van der Waals surface area contributed by atoms with E-state index < -0.39 is 0 Å². The Balaban J connectivity index is 4.62. The van der Waals surface area contributed by atoms with Crippen molar-refractivity contribution in [3.63, 3.8) is 0 Å². The van der Waals surface area contributed by atoms with Crippen LogP contribution in [0, 0.1) is 5.41 Å².